The zero-order valence-electron chi connectivity index (χ0n) is 12.3. The SMILES string of the molecule is COc1cccc(CC(C)NC(=O)c2cc(C(=O)O)co2)c1. The first-order valence-corrected chi connectivity index (χ1v) is 6.75. The van der Waals surface area contributed by atoms with E-state index in [2.05, 4.69) is 5.32 Å². The van der Waals surface area contributed by atoms with Gasteiger partial charge in [0.05, 0.1) is 12.7 Å². The highest BCUT2D eigenvalue weighted by molar-refractivity contribution is 5.95. The van der Waals surface area contributed by atoms with E-state index in [-0.39, 0.29) is 17.4 Å². The molecule has 6 heteroatoms. The Kier molecular flexibility index (Phi) is 4.83. The van der Waals surface area contributed by atoms with E-state index in [0.717, 1.165) is 17.6 Å². The third-order valence-electron chi connectivity index (χ3n) is 3.12. The number of carbonyl (C=O) groups is 2. The van der Waals surface area contributed by atoms with Crippen molar-refractivity contribution < 1.29 is 23.8 Å². The zero-order chi connectivity index (χ0) is 16.1. The Bertz CT molecular complexity index is 677. The van der Waals surface area contributed by atoms with Crippen LogP contribution in [-0.2, 0) is 6.42 Å². The van der Waals surface area contributed by atoms with Crippen molar-refractivity contribution in [2.24, 2.45) is 0 Å². The van der Waals surface area contributed by atoms with E-state index < -0.39 is 11.9 Å². The molecular weight excluding hydrogens is 286 g/mol. The van der Waals surface area contributed by atoms with E-state index in [4.69, 9.17) is 14.3 Å². The van der Waals surface area contributed by atoms with Crippen LogP contribution in [0.5, 0.6) is 5.75 Å². The van der Waals surface area contributed by atoms with Crippen LogP contribution in [0.2, 0.25) is 0 Å². The fourth-order valence-corrected chi connectivity index (χ4v) is 2.07. The van der Waals surface area contributed by atoms with Crippen molar-refractivity contribution in [3.05, 3.63) is 53.5 Å². The van der Waals surface area contributed by atoms with Crippen molar-refractivity contribution in [1.82, 2.24) is 5.32 Å². The van der Waals surface area contributed by atoms with E-state index in [1.165, 1.54) is 6.07 Å². The van der Waals surface area contributed by atoms with E-state index in [0.29, 0.717) is 6.42 Å². The van der Waals surface area contributed by atoms with Gasteiger partial charge < -0.3 is 19.6 Å². The quantitative estimate of drug-likeness (QED) is 0.855. The molecule has 1 aromatic heterocycles. The Balaban J connectivity index is 1.96. The standard InChI is InChI=1S/C16H17NO5/c1-10(6-11-4-3-5-13(7-11)21-2)17-15(18)14-8-12(9-22-14)16(19)20/h3-5,7-10H,6H2,1-2H3,(H,17,18)(H,19,20). The predicted molar refractivity (Wildman–Crippen MR) is 79.3 cm³/mol. The number of hydrogen-bond acceptors (Lipinski definition) is 4. The summed E-state index contributed by atoms with van der Waals surface area (Å²) >= 11 is 0. The van der Waals surface area contributed by atoms with Gasteiger partial charge in [-0.05, 0) is 31.0 Å². The largest absolute Gasteiger partial charge is 0.497 e. The lowest BCUT2D eigenvalue weighted by Crippen LogP contribution is -2.33. The number of carboxylic acids is 1. The number of carbonyl (C=O) groups excluding carboxylic acids is 1. The second-order valence-electron chi connectivity index (χ2n) is 4.93. The Labute approximate surface area is 127 Å². The molecule has 0 bridgehead atoms. The Morgan fingerprint density at radius 3 is 2.77 bits per heavy atom. The normalized spacial score (nSPS) is 11.7. The molecule has 1 unspecified atom stereocenters. The summed E-state index contributed by atoms with van der Waals surface area (Å²) in [5.41, 5.74) is 0.975. The monoisotopic (exact) mass is 303 g/mol. The maximum atomic E-state index is 12.0. The average molecular weight is 303 g/mol. The van der Waals surface area contributed by atoms with Gasteiger partial charge in [-0.3, -0.25) is 4.79 Å². The number of amides is 1. The molecule has 0 saturated heterocycles. The Hall–Kier alpha value is -2.76. The van der Waals surface area contributed by atoms with E-state index in [1.807, 2.05) is 31.2 Å². The molecule has 0 saturated carbocycles. The highest BCUT2D eigenvalue weighted by Crippen LogP contribution is 2.14. The number of benzene rings is 1. The predicted octanol–water partition coefficient (Wildman–Crippen LogP) is 2.35. The number of aromatic carboxylic acids is 1. The van der Waals surface area contributed by atoms with Crippen LogP contribution in [0, 0.1) is 0 Å². The summed E-state index contributed by atoms with van der Waals surface area (Å²) in [6, 6.07) is 8.64. The van der Waals surface area contributed by atoms with Gasteiger partial charge in [-0.15, -0.1) is 0 Å². The first kappa shape index (κ1) is 15.6. The van der Waals surface area contributed by atoms with Crippen molar-refractivity contribution in [3.8, 4) is 5.75 Å². The average Bonchev–Trinajstić information content (AvgIpc) is 2.97. The van der Waals surface area contributed by atoms with Crippen molar-refractivity contribution >= 4 is 11.9 Å². The number of ether oxygens (including phenoxy) is 1. The fraction of sp³-hybridized carbons (Fsp3) is 0.250. The number of methoxy groups -OCH3 is 1. The highest BCUT2D eigenvalue weighted by atomic mass is 16.5. The molecule has 6 nitrogen and oxygen atoms in total. The van der Waals surface area contributed by atoms with Crippen molar-refractivity contribution in [3.63, 3.8) is 0 Å². The van der Waals surface area contributed by atoms with Crippen molar-refractivity contribution in [2.75, 3.05) is 7.11 Å². The highest BCUT2D eigenvalue weighted by Gasteiger charge is 2.16. The first-order chi connectivity index (χ1) is 10.5. The molecule has 0 aliphatic carbocycles. The smallest absolute Gasteiger partial charge is 0.338 e. The lowest BCUT2D eigenvalue weighted by atomic mass is 10.1. The molecule has 2 N–H and O–H groups in total. The molecule has 1 aromatic carbocycles. The third kappa shape index (κ3) is 3.88. The van der Waals surface area contributed by atoms with Crippen LogP contribution in [0.4, 0.5) is 0 Å². The molecule has 1 atom stereocenters. The summed E-state index contributed by atoms with van der Waals surface area (Å²) < 4.78 is 10.1. The van der Waals surface area contributed by atoms with Gasteiger partial charge in [0.25, 0.3) is 5.91 Å². The van der Waals surface area contributed by atoms with E-state index >= 15 is 0 Å². The van der Waals surface area contributed by atoms with Gasteiger partial charge in [-0.2, -0.15) is 0 Å². The van der Waals surface area contributed by atoms with Crippen molar-refractivity contribution in [2.45, 2.75) is 19.4 Å². The molecule has 1 amide bonds. The maximum absolute atomic E-state index is 12.0. The van der Waals surface area contributed by atoms with Gasteiger partial charge in [0.15, 0.2) is 5.76 Å². The number of carboxylic acid groups (broad SMARTS) is 1. The molecule has 1 heterocycles. The second-order valence-corrected chi connectivity index (χ2v) is 4.93. The summed E-state index contributed by atoms with van der Waals surface area (Å²) in [4.78, 5) is 22.7. The van der Waals surface area contributed by atoms with Gasteiger partial charge in [0.1, 0.15) is 12.0 Å². The molecule has 116 valence electrons. The van der Waals surface area contributed by atoms with E-state index in [9.17, 15) is 9.59 Å². The molecule has 0 aliphatic heterocycles. The minimum Gasteiger partial charge on any atom is -0.497 e. The second kappa shape index (κ2) is 6.80. The Morgan fingerprint density at radius 1 is 1.36 bits per heavy atom. The summed E-state index contributed by atoms with van der Waals surface area (Å²) in [6.45, 7) is 1.86. The van der Waals surface area contributed by atoms with Crippen LogP contribution >= 0.6 is 0 Å². The van der Waals surface area contributed by atoms with Gasteiger partial charge in [0.2, 0.25) is 0 Å². The summed E-state index contributed by atoms with van der Waals surface area (Å²) in [5, 5.41) is 11.6. The molecule has 0 aliphatic rings. The fourth-order valence-electron chi connectivity index (χ4n) is 2.07. The third-order valence-corrected chi connectivity index (χ3v) is 3.12. The van der Waals surface area contributed by atoms with Crippen LogP contribution in [0.15, 0.2) is 41.0 Å². The van der Waals surface area contributed by atoms with Crippen molar-refractivity contribution in [1.29, 1.82) is 0 Å². The van der Waals surface area contributed by atoms with Crippen LogP contribution < -0.4 is 10.1 Å². The molecule has 0 radical (unpaired) electrons. The summed E-state index contributed by atoms with van der Waals surface area (Å²) in [5.74, 6) is -0.835. The lowest BCUT2D eigenvalue weighted by molar-refractivity contribution is 0.0695. The maximum Gasteiger partial charge on any atom is 0.338 e. The molecule has 0 spiro atoms. The van der Waals surface area contributed by atoms with Crippen LogP contribution in [0.3, 0.4) is 0 Å². The van der Waals surface area contributed by atoms with Gasteiger partial charge in [0, 0.05) is 12.1 Å². The van der Waals surface area contributed by atoms with Gasteiger partial charge in [-0.25, -0.2) is 4.79 Å². The number of nitrogens with one attached hydrogen (secondary N) is 1. The molecule has 22 heavy (non-hydrogen) atoms. The minimum atomic E-state index is -1.13. The molecule has 2 rings (SSSR count). The summed E-state index contributed by atoms with van der Waals surface area (Å²) in [6.07, 6.45) is 1.67. The van der Waals surface area contributed by atoms with Crippen LogP contribution in [0.1, 0.15) is 33.4 Å². The molecule has 2 aromatic rings. The first-order valence-electron chi connectivity index (χ1n) is 6.75. The van der Waals surface area contributed by atoms with Crippen LogP contribution in [-0.4, -0.2) is 30.1 Å². The van der Waals surface area contributed by atoms with E-state index in [1.54, 1.807) is 7.11 Å². The van der Waals surface area contributed by atoms with Gasteiger partial charge in [-0.1, -0.05) is 12.1 Å². The van der Waals surface area contributed by atoms with Gasteiger partial charge >= 0.3 is 5.97 Å². The van der Waals surface area contributed by atoms with Crippen LogP contribution in [0.25, 0.3) is 0 Å². The number of furan rings is 1. The Morgan fingerprint density at radius 2 is 2.14 bits per heavy atom. The lowest BCUT2D eigenvalue weighted by Gasteiger charge is -2.13. The number of hydrogen-bond donors (Lipinski definition) is 2. The molecular formula is C16H17NO5. The topological polar surface area (TPSA) is 88.8 Å². The number of rotatable bonds is 6. The molecule has 0 fully saturated rings. The minimum absolute atomic E-state index is 0.0186. The summed E-state index contributed by atoms with van der Waals surface area (Å²) in [7, 11) is 1.60. The zero-order valence-corrected chi connectivity index (χ0v) is 12.3.